The minimum absolute atomic E-state index is 0.0990. The third-order valence-corrected chi connectivity index (χ3v) is 4.65. The maximum Gasteiger partial charge on any atom is 0.141 e. The van der Waals surface area contributed by atoms with Gasteiger partial charge in [-0.2, -0.15) is 0 Å². The molecule has 0 radical (unpaired) electrons. The van der Waals surface area contributed by atoms with Gasteiger partial charge in [0.1, 0.15) is 11.6 Å². The highest BCUT2D eigenvalue weighted by Crippen LogP contribution is 2.32. The van der Waals surface area contributed by atoms with E-state index in [9.17, 15) is 9.18 Å². The standard InChI is InChI=1S/C17H22ClFO/c1-2-3-12-4-7-14(8-5-12)17(20)11-13-6-9-16(19)15(18)10-13/h6,9-10,12,14H,2-5,7-8,11H2,1H3. The lowest BCUT2D eigenvalue weighted by atomic mass is 9.77. The normalized spacial score (nSPS) is 22.8. The minimum atomic E-state index is -0.428. The molecule has 1 aromatic rings. The molecule has 1 saturated carbocycles. The molecule has 0 aliphatic heterocycles. The second-order valence-electron chi connectivity index (χ2n) is 5.90. The number of rotatable bonds is 5. The van der Waals surface area contributed by atoms with Crippen molar-refractivity contribution in [1.82, 2.24) is 0 Å². The van der Waals surface area contributed by atoms with Crippen molar-refractivity contribution >= 4 is 17.4 Å². The van der Waals surface area contributed by atoms with E-state index in [2.05, 4.69) is 6.92 Å². The quantitative estimate of drug-likeness (QED) is 0.730. The number of hydrogen-bond acceptors (Lipinski definition) is 1. The first-order chi connectivity index (χ1) is 9.60. The van der Waals surface area contributed by atoms with Gasteiger partial charge in [-0.3, -0.25) is 4.79 Å². The highest BCUT2D eigenvalue weighted by Gasteiger charge is 2.25. The van der Waals surface area contributed by atoms with Crippen LogP contribution in [-0.4, -0.2) is 5.78 Å². The molecule has 0 amide bonds. The maximum atomic E-state index is 13.1. The Labute approximate surface area is 125 Å². The van der Waals surface area contributed by atoms with Crippen LogP contribution in [-0.2, 0) is 11.2 Å². The Balaban J connectivity index is 1.88. The summed E-state index contributed by atoms with van der Waals surface area (Å²) in [5, 5.41) is 0.0990. The lowest BCUT2D eigenvalue weighted by Gasteiger charge is -2.27. The van der Waals surface area contributed by atoms with Crippen molar-refractivity contribution in [3.05, 3.63) is 34.6 Å². The van der Waals surface area contributed by atoms with Gasteiger partial charge in [-0.25, -0.2) is 4.39 Å². The van der Waals surface area contributed by atoms with Crippen LogP contribution < -0.4 is 0 Å². The SMILES string of the molecule is CCCC1CCC(C(=O)Cc2ccc(F)c(Cl)c2)CC1. The molecule has 1 fully saturated rings. The molecule has 1 aliphatic carbocycles. The Bertz CT molecular complexity index is 464. The van der Waals surface area contributed by atoms with Crippen LogP contribution in [0, 0.1) is 17.7 Å². The Hall–Kier alpha value is -0.890. The highest BCUT2D eigenvalue weighted by atomic mass is 35.5. The van der Waals surface area contributed by atoms with E-state index in [1.807, 2.05) is 0 Å². The Morgan fingerprint density at radius 1 is 1.30 bits per heavy atom. The molecule has 0 unspecified atom stereocenters. The Kier molecular flexibility index (Phi) is 5.59. The second-order valence-corrected chi connectivity index (χ2v) is 6.31. The van der Waals surface area contributed by atoms with Crippen LogP contribution in [0.15, 0.2) is 18.2 Å². The molecule has 0 aromatic heterocycles. The van der Waals surface area contributed by atoms with Gasteiger partial charge in [0.25, 0.3) is 0 Å². The highest BCUT2D eigenvalue weighted by molar-refractivity contribution is 6.30. The fourth-order valence-corrected chi connectivity index (χ4v) is 3.38. The summed E-state index contributed by atoms with van der Waals surface area (Å²) < 4.78 is 13.1. The molecular formula is C17H22ClFO. The van der Waals surface area contributed by atoms with Gasteiger partial charge < -0.3 is 0 Å². The van der Waals surface area contributed by atoms with Crippen molar-refractivity contribution in [3.8, 4) is 0 Å². The van der Waals surface area contributed by atoms with Gasteiger partial charge in [-0.05, 0) is 49.3 Å². The van der Waals surface area contributed by atoms with E-state index in [0.29, 0.717) is 6.42 Å². The number of halogens is 2. The molecule has 110 valence electrons. The van der Waals surface area contributed by atoms with Crippen molar-refractivity contribution in [2.45, 2.75) is 51.9 Å². The van der Waals surface area contributed by atoms with E-state index in [1.54, 1.807) is 12.1 Å². The molecule has 0 N–H and O–H groups in total. The molecule has 1 aliphatic rings. The summed E-state index contributed by atoms with van der Waals surface area (Å²) in [6.45, 7) is 2.22. The molecule has 20 heavy (non-hydrogen) atoms. The zero-order valence-electron chi connectivity index (χ0n) is 12.0. The smallest absolute Gasteiger partial charge is 0.141 e. The number of benzene rings is 1. The fraction of sp³-hybridized carbons (Fsp3) is 0.588. The number of carbonyl (C=O) groups is 1. The van der Waals surface area contributed by atoms with Crippen molar-refractivity contribution in [2.75, 3.05) is 0 Å². The lowest BCUT2D eigenvalue weighted by molar-refractivity contribution is -0.123. The number of ketones is 1. The van der Waals surface area contributed by atoms with Gasteiger partial charge in [-0.1, -0.05) is 37.4 Å². The van der Waals surface area contributed by atoms with Crippen LogP contribution in [0.1, 0.15) is 51.0 Å². The van der Waals surface area contributed by atoms with Gasteiger partial charge in [0.15, 0.2) is 0 Å². The number of Topliss-reactive ketones (excluding diaryl/α,β-unsaturated/α-hetero) is 1. The topological polar surface area (TPSA) is 17.1 Å². The molecule has 2 rings (SSSR count). The molecule has 0 atom stereocenters. The summed E-state index contributed by atoms with van der Waals surface area (Å²) in [6, 6.07) is 4.56. The summed E-state index contributed by atoms with van der Waals surface area (Å²) in [6.07, 6.45) is 7.27. The first kappa shape index (κ1) is 15.5. The molecule has 0 spiro atoms. The predicted octanol–water partition coefficient (Wildman–Crippen LogP) is 5.20. The third-order valence-electron chi connectivity index (χ3n) is 4.36. The van der Waals surface area contributed by atoms with Crippen molar-refractivity contribution in [2.24, 2.45) is 11.8 Å². The maximum absolute atomic E-state index is 13.1. The molecule has 0 bridgehead atoms. The Morgan fingerprint density at radius 3 is 2.60 bits per heavy atom. The van der Waals surface area contributed by atoms with Crippen LogP contribution in [0.5, 0.6) is 0 Å². The molecule has 0 heterocycles. The van der Waals surface area contributed by atoms with Gasteiger partial charge in [0, 0.05) is 12.3 Å². The largest absolute Gasteiger partial charge is 0.299 e. The first-order valence-electron chi connectivity index (χ1n) is 7.56. The zero-order chi connectivity index (χ0) is 14.5. The Morgan fingerprint density at radius 2 is 2.00 bits per heavy atom. The van der Waals surface area contributed by atoms with E-state index in [0.717, 1.165) is 24.3 Å². The third kappa shape index (κ3) is 4.05. The van der Waals surface area contributed by atoms with Gasteiger partial charge in [0.05, 0.1) is 5.02 Å². The number of carbonyl (C=O) groups excluding carboxylic acids is 1. The van der Waals surface area contributed by atoms with Crippen molar-refractivity contribution in [1.29, 1.82) is 0 Å². The van der Waals surface area contributed by atoms with Gasteiger partial charge >= 0.3 is 0 Å². The molecule has 1 aromatic carbocycles. The van der Waals surface area contributed by atoms with Crippen LogP contribution in [0.25, 0.3) is 0 Å². The van der Waals surface area contributed by atoms with Crippen molar-refractivity contribution < 1.29 is 9.18 Å². The number of hydrogen-bond donors (Lipinski definition) is 0. The van der Waals surface area contributed by atoms with Gasteiger partial charge in [-0.15, -0.1) is 0 Å². The van der Waals surface area contributed by atoms with Crippen LogP contribution in [0.2, 0.25) is 5.02 Å². The summed E-state index contributed by atoms with van der Waals surface area (Å²) in [4.78, 5) is 12.3. The molecule has 3 heteroatoms. The molecule has 0 saturated heterocycles. The monoisotopic (exact) mass is 296 g/mol. The first-order valence-corrected chi connectivity index (χ1v) is 7.94. The van der Waals surface area contributed by atoms with E-state index in [-0.39, 0.29) is 16.7 Å². The van der Waals surface area contributed by atoms with E-state index >= 15 is 0 Å². The average molecular weight is 297 g/mol. The summed E-state index contributed by atoms with van der Waals surface area (Å²) >= 11 is 5.75. The van der Waals surface area contributed by atoms with E-state index in [1.165, 1.54) is 31.7 Å². The van der Waals surface area contributed by atoms with Crippen LogP contribution >= 0.6 is 11.6 Å². The van der Waals surface area contributed by atoms with Crippen LogP contribution in [0.4, 0.5) is 4.39 Å². The van der Waals surface area contributed by atoms with E-state index < -0.39 is 5.82 Å². The lowest BCUT2D eigenvalue weighted by Crippen LogP contribution is -2.23. The predicted molar refractivity (Wildman–Crippen MR) is 80.5 cm³/mol. The van der Waals surface area contributed by atoms with Gasteiger partial charge in [0.2, 0.25) is 0 Å². The molecule has 1 nitrogen and oxygen atoms in total. The van der Waals surface area contributed by atoms with Crippen LogP contribution in [0.3, 0.4) is 0 Å². The molecular weight excluding hydrogens is 275 g/mol. The average Bonchev–Trinajstić information content (AvgIpc) is 2.44. The summed E-state index contributed by atoms with van der Waals surface area (Å²) in [5.74, 6) is 0.849. The zero-order valence-corrected chi connectivity index (χ0v) is 12.8. The van der Waals surface area contributed by atoms with Crippen molar-refractivity contribution in [3.63, 3.8) is 0 Å². The second kappa shape index (κ2) is 7.21. The fourth-order valence-electron chi connectivity index (χ4n) is 3.18. The summed E-state index contributed by atoms with van der Waals surface area (Å²) in [5.41, 5.74) is 0.817. The summed E-state index contributed by atoms with van der Waals surface area (Å²) in [7, 11) is 0. The van der Waals surface area contributed by atoms with E-state index in [4.69, 9.17) is 11.6 Å². The minimum Gasteiger partial charge on any atom is -0.299 e.